The maximum absolute atomic E-state index is 13.2. The number of carboxylic acid groups (broad SMARTS) is 1. The van der Waals surface area contributed by atoms with Crippen LogP contribution >= 0.6 is 0 Å². The average molecular weight is 433 g/mol. The van der Waals surface area contributed by atoms with Gasteiger partial charge in [-0.1, -0.05) is 44.2 Å². The highest BCUT2D eigenvalue weighted by Crippen LogP contribution is 2.21. The lowest BCUT2D eigenvalue weighted by atomic mass is 10.0. The Morgan fingerprint density at radius 1 is 1.13 bits per heavy atom. The number of hydrogen-bond acceptors (Lipinski definition) is 5. The molecule has 1 aliphatic rings. The van der Waals surface area contributed by atoms with Crippen LogP contribution in [0.3, 0.4) is 0 Å². The summed E-state index contributed by atoms with van der Waals surface area (Å²) in [7, 11) is 0. The quantitative estimate of drug-likeness (QED) is 0.441. The first kappa shape index (κ1) is 24.3. The van der Waals surface area contributed by atoms with Gasteiger partial charge in [-0.05, 0) is 37.7 Å². The Balaban J connectivity index is 2.05. The number of carboxylic acids is 1. The van der Waals surface area contributed by atoms with Crippen LogP contribution in [0.2, 0.25) is 0 Å². The van der Waals surface area contributed by atoms with Crippen molar-refractivity contribution in [3.05, 3.63) is 35.9 Å². The molecule has 1 saturated heterocycles. The number of benzene rings is 1. The summed E-state index contributed by atoms with van der Waals surface area (Å²) in [6.07, 6.45) is 1.40. The van der Waals surface area contributed by atoms with Gasteiger partial charge in [0.1, 0.15) is 18.1 Å². The molecule has 0 aliphatic carbocycles. The zero-order chi connectivity index (χ0) is 23.1. The minimum Gasteiger partial charge on any atom is -0.480 e. The first-order valence-corrected chi connectivity index (χ1v) is 10.5. The van der Waals surface area contributed by atoms with E-state index in [0.717, 1.165) is 5.56 Å². The number of rotatable bonds is 9. The molecule has 1 heterocycles. The Hall–Kier alpha value is -2.94. The zero-order valence-corrected chi connectivity index (χ0v) is 18.2. The number of carbonyl (C=O) groups excluding carboxylic acids is 3. The van der Waals surface area contributed by atoms with Crippen LogP contribution in [0, 0.1) is 5.92 Å². The van der Waals surface area contributed by atoms with Crippen molar-refractivity contribution in [1.82, 2.24) is 15.5 Å². The third-order valence-corrected chi connectivity index (χ3v) is 5.43. The topological polar surface area (TPSA) is 142 Å². The highest BCUT2D eigenvalue weighted by Gasteiger charge is 2.39. The normalized spacial score (nSPS) is 18.9. The fourth-order valence-corrected chi connectivity index (χ4v) is 3.59. The molecular formula is C22H32N4O5. The molecule has 170 valence electrons. The van der Waals surface area contributed by atoms with Gasteiger partial charge in [0.15, 0.2) is 0 Å². The van der Waals surface area contributed by atoms with Gasteiger partial charge in [-0.2, -0.15) is 0 Å². The van der Waals surface area contributed by atoms with Crippen molar-refractivity contribution in [3.8, 4) is 0 Å². The molecule has 3 amide bonds. The van der Waals surface area contributed by atoms with Crippen LogP contribution in [-0.2, 0) is 25.6 Å². The molecular weight excluding hydrogens is 400 g/mol. The summed E-state index contributed by atoms with van der Waals surface area (Å²) in [6.45, 7) is 5.35. The van der Waals surface area contributed by atoms with Gasteiger partial charge in [0.2, 0.25) is 17.7 Å². The van der Waals surface area contributed by atoms with Crippen LogP contribution < -0.4 is 16.4 Å². The summed E-state index contributed by atoms with van der Waals surface area (Å²) in [6, 6.07) is 5.90. The smallest absolute Gasteiger partial charge is 0.325 e. The van der Waals surface area contributed by atoms with Gasteiger partial charge in [-0.25, -0.2) is 0 Å². The molecule has 0 spiro atoms. The third kappa shape index (κ3) is 6.52. The van der Waals surface area contributed by atoms with Crippen LogP contribution in [0.1, 0.15) is 39.2 Å². The largest absolute Gasteiger partial charge is 0.480 e. The van der Waals surface area contributed by atoms with E-state index in [1.165, 1.54) is 11.8 Å². The van der Waals surface area contributed by atoms with E-state index in [9.17, 15) is 19.2 Å². The number of aliphatic carboxylic acids is 1. The van der Waals surface area contributed by atoms with Crippen molar-refractivity contribution < 1.29 is 24.3 Å². The van der Waals surface area contributed by atoms with Crippen LogP contribution in [0.5, 0.6) is 0 Å². The summed E-state index contributed by atoms with van der Waals surface area (Å²) < 4.78 is 0. The standard InChI is InChI=1S/C22H32N4O5/c1-13(2)18(25-19(27)16(23)12-15-8-5-4-6-9-15)21(29)26-11-7-10-17(26)20(28)24-14(3)22(30)31/h4-6,8-9,13-14,16-18H,7,10-12,23H2,1-3H3,(H,24,28)(H,25,27)(H,30,31). The Bertz CT molecular complexity index is 798. The summed E-state index contributed by atoms with van der Waals surface area (Å²) in [5.41, 5.74) is 6.97. The van der Waals surface area contributed by atoms with E-state index in [2.05, 4.69) is 10.6 Å². The fraction of sp³-hybridized carbons (Fsp3) is 0.545. The van der Waals surface area contributed by atoms with Gasteiger partial charge >= 0.3 is 5.97 Å². The van der Waals surface area contributed by atoms with Gasteiger partial charge < -0.3 is 26.4 Å². The summed E-state index contributed by atoms with van der Waals surface area (Å²) >= 11 is 0. The van der Waals surface area contributed by atoms with Gasteiger partial charge in [0.05, 0.1) is 6.04 Å². The third-order valence-electron chi connectivity index (χ3n) is 5.43. The molecule has 1 aliphatic heterocycles. The average Bonchev–Trinajstić information content (AvgIpc) is 3.21. The second-order valence-electron chi connectivity index (χ2n) is 8.28. The second-order valence-corrected chi connectivity index (χ2v) is 8.28. The Kier molecular flexibility index (Phi) is 8.56. The first-order valence-electron chi connectivity index (χ1n) is 10.5. The van der Waals surface area contributed by atoms with Crippen molar-refractivity contribution >= 4 is 23.7 Å². The predicted molar refractivity (Wildman–Crippen MR) is 115 cm³/mol. The second kappa shape index (κ2) is 10.9. The molecule has 1 fully saturated rings. The maximum Gasteiger partial charge on any atom is 0.325 e. The van der Waals surface area contributed by atoms with Crippen molar-refractivity contribution in [1.29, 1.82) is 0 Å². The van der Waals surface area contributed by atoms with Gasteiger partial charge in [0.25, 0.3) is 0 Å². The molecule has 2 rings (SSSR count). The number of carbonyl (C=O) groups is 4. The number of nitrogens with one attached hydrogen (secondary N) is 2. The molecule has 4 unspecified atom stereocenters. The molecule has 0 radical (unpaired) electrons. The Morgan fingerprint density at radius 3 is 2.35 bits per heavy atom. The van der Waals surface area contributed by atoms with Crippen molar-refractivity contribution in [3.63, 3.8) is 0 Å². The van der Waals surface area contributed by atoms with Crippen molar-refractivity contribution in [2.45, 2.75) is 64.2 Å². The molecule has 9 heteroatoms. The summed E-state index contributed by atoms with van der Waals surface area (Å²) in [5, 5.41) is 14.2. The molecule has 0 bridgehead atoms. The van der Waals surface area contributed by atoms with E-state index < -0.39 is 42.0 Å². The number of nitrogens with two attached hydrogens (primary N) is 1. The minimum atomic E-state index is -1.15. The lowest BCUT2D eigenvalue weighted by Crippen LogP contribution is -2.58. The molecule has 9 nitrogen and oxygen atoms in total. The monoisotopic (exact) mass is 432 g/mol. The minimum absolute atomic E-state index is 0.220. The van der Waals surface area contributed by atoms with E-state index in [-0.39, 0.29) is 11.8 Å². The van der Waals surface area contributed by atoms with Gasteiger partial charge in [-0.15, -0.1) is 0 Å². The van der Waals surface area contributed by atoms with Crippen LogP contribution in [0.4, 0.5) is 0 Å². The lowest BCUT2D eigenvalue weighted by molar-refractivity contribution is -0.145. The molecule has 31 heavy (non-hydrogen) atoms. The van der Waals surface area contributed by atoms with Crippen LogP contribution in [0.15, 0.2) is 30.3 Å². The van der Waals surface area contributed by atoms with Crippen molar-refractivity contribution in [2.24, 2.45) is 11.7 Å². The highest BCUT2D eigenvalue weighted by molar-refractivity contribution is 5.94. The van der Waals surface area contributed by atoms with Gasteiger partial charge in [-0.3, -0.25) is 19.2 Å². The predicted octanol–water partition coefficient (Wildman–Crippen LogP) is 0.278. The van der Waals surface area contributed by atoms with Crippen LogP contribution in [0.25, 0.3) is 0 Å². The Morgan fingerprint density at radius 2 is 1.77 bits per heavy atom. The maximum atomic E-state index is 13.2. The molecule has 1 aromatic rings. The number of nitrogens with zero attached hydrogens (tertiary/aromatic N) is 1. The van der Waals surface area contributed by atoms with E-state index >= 15 is 0 Å². The van der Waals surface area contributed by atoms with E-state index in [0.29, 0.717) is 25.8 Å². The van der Waals surface area contributed by atoms with Crippen LogP contribution in [-0.4, -0.2) is 64.4 Å². The fourth-order valence-electron chi connectivity index (χ4n) is 3.59. The number of likely N-dealkylation sites (tertiary alicyclic amines) is 1. The van der Waals surface area contributed by atoms with Crippen molar-refractivity contribution in [2.75, 3.05) is 6.54 Å². The first-order chi connectivity index (χ1) is 14.6. The lowest BCUT2D eigenvalue weighted by Gasteiger charge is -2.31. The summed E-state index contributed by atoms with van der Waals surface area (Å²) in [4.78, 5) is 50.9. The molecule has 0 aromatic heterocycles. The van der Waals surface area contributed by atoms with E-state index in [1.54, 1.807) is 0 Å². The SMILES string of the molecule is CC(NC(=O)C1CCCN1C(=O)C(NC(=O)C(N)Cc1ccccc1)C(C)C)C(=O)O. The molecule has 0 saturated carbocycles. The molecule has 1 aromatic carbocycles. The zero-order valence-electron chi connectivity index (χ0n) is 18.2. The molecule has 5 N–H and O–H groups in total. The highest BCUT2D eigenvalue weighted by atomic mass is 16.4. The van der Waals surface area contributed by atoms with E-state index in [4.69, 9.17) is 10.8 Å². The van der Waals surface area contributed by atoms with Gasteiger partial charge in [0, 0.05) is 6.54 Å². The number of hydrogen-bond donors (Lipinski definition) is 4. The Labute approximate surface area is 182 Å². The van der Waals surface area contributed by atoms with E-state index in [1.807, 2.05) is 44.2 Å². The molecule has 4 atom stereocenters. The number of amides is 3. The summed E-state index contributed by atoms with van der Waals surface area (Å²) in [5.74, 6) is -2.67.